The van der Waals surface area contributed by atoms with Gasteiger partial charge in [0.2, 0.25) is 29.5 Å². The van der Waals surface area contributed by atoms with E-state index in [1.807, 2.05) is 19.2 Å². The number of carbonyl (C=O) groups excluding carboxylic acids is 5. The lowest BCUT2D eigenvalue weighted by molar-refractivity contribution is -0.144. The van der Waals surface area contributed by atoms with E-state index in [0.29, 0.717) is 6.42 Å². The van der Waals surface area contributed by atoms with Crippen molar-refractivity contribution in [2.45, 2.75) is 63.7 Å². The molecule has 0 spiro atoms. The number of hydrogen-bond acceptors (Lipinski definition) is 8. The maximum absolute atomic E-state index is 12.5. The number of aliphatic hydroxyl groups excluding tert-OH is 1. The molecule has 5 amide bonds. The molecule has 0 aliphatic rings. The molecule has 0 rings (SSSR count). The molecule has 0 fully saturated rings. The Hall–Kier alpha value is -3.26. The lowest BCUT2D eigenvalue weighted by Gasteiger charge is -2.24. The molecular weight excluding hydrogens is 428 g/mol. The first-order valence-corrected chi connectivity index (χ1v) is 9.85. The number of nitrogens with two attached hydrogens (primary N) is 3. The molecule has 0 aliphatic carbocycles. The largest absolute Gasteiger partial charge is 0.480 e. The van der Waals surface area contributed by atoms with Crippen molar-refractivity contribution in [2.24, 2.45) is 23.1 Å². The fraction of sp³-hybridized carbons (Fsp3) is 0.667. The second-order valence-electron chi connectivity index (χ2n) is 7.62. The molecule has 0 aromatic heterocycles. The van der Waals surface area contributed by atoms with Crippen LogP contribution in [0.1, 0.15) is 39.5 Å². The van der Waals surface area contributed by atoms with Crippen LogP contribution >= 0.6 is 0 Å². The Balaban J connectivity index is 5.35. The normalized spacial score (nSPS) is 14.5. The van der Waals surface area contributed by atoms with Gasteiger partial charge in [0.25, 0.3) is 0 Å². The minimum atomic E-state index is -1.67. The first-order valence-electron chi connectivity index (χ1n) is 9.85. The number of aliphatic carboxylic acids is 1. The van der Waals surface area contributed by atoms with Crippen molar-refractivity contribution < 1.29 is 39.0 Å². The van der Waals surface area contributed by atoms with Crippen molar-refractivity contribution in [3.8, 4) is 0 Å². The van der Waals surface area contributed by atoms with Crippen molar-refractivity contribution in [1.29, 1.82) is 0 Å². The van der Waals surface area contributed by atoms with Gasteiger partial charge in [-0.1, -0.05) is 13.8 Å². The van der Waals surface area contributed by atoms with Crippen molar-refractivity contribution in [2.75, 3.05) is 6.61 Å². The van der Waals surface area contributed by atoms with E-state index in [4.69, 9.17) is 22.3 Å². The molecule has 0 saturated heterocycles. The number of amides is 5. The van der Waals surface area contributed by atoms with Gasteiger partial charge in [-0.15, -0.1) is 0 Å². The molecule has 32 heavy (non-hydrogen) atoms. The molecule has 0 aliphatic heterocycles. The highest BCUT2D eigenvalue weighted by molar-refractivity contribution is 5.95. The zero-order valence-corrected chi connectivity index (χ0v) is 18.0. The summed E-state index contributed by atoms with van der Waals surface area (Å²) >= 11 is 0. The number of carboxylic acids is 1. The summed E-state index contributed by atoms with van der Waals surface area (Å²) in [4.78, 5) is 70.4. The lowest BCUT2D eigenvalue weighted by atomic mass is 10.0. The van der Waals surface area contributed by atoms with Gasteiger partial charge in [-0.2, -0.15) is 0 Å². The van der Waals surface area contributed by atoms with E-state index in [0.717, 1.165) is 0 Å². The number of carbonyl (C=O) groups is 6. The molecule has 0 heterocycles. The topological polar surface area (TPSA) is 257 Å². The number of rotatable bonds is 15. The van der Waals surface area contributed by atoms with Crippen LogP contribution < -0.4 is 33.2 Å². The maximum atomic E-state index is 12.5. The Morgan fingerprint density at radius 3 is 1.75 bits per heavy atom. The lowest BCUT2D eigenvalue weighted by Crippen LogP contribution is -2.58. The number of aliphatic hydroxyl groups is 1. The summed E-state index contributed by atoms with van der Waals surface area (Å²) in [6.45, 7) is 2.86. The standard InChI is InChI=1S/C18H32N6O8/c1-8(2)5-9(19)15(28)24-12(7-25)17(30)22-10(3-4-13(20)26)16(29)23-11(18(31)32)6-14(21)27/h8-12,25H,3-7,19H2,1-2H3,(H2,20,26)(H2,21,27)(H,22,30)(H,23,29)(H,24,28)(H,31,32). The maximum Gasteiger partial charge on any atom is 0.326 e. The third kappa shape index (κ3) is 11.2. The fourth-order valence-electron chi connectivity index (χ4n) is 2.59. The third-order valence-electron chi connectivity index (χ3n) is 4.21. The second-order valence-corrected chi connectivity index (χ2v) is 7.62. The molecular formula is C18H32N6O8. The van der Waals surface area contributed by atoms with E-state index in [9.17, 15) is 33.9 Å². The van der Waals surface area contributed by atoms with Gasteiger partial charge in [-0.05, 0) is 18.8 Å². The molecule has 0 radical (unpaired) electrons. The van der Waals surface area contributed by atoms with Crippen LogP contribution in [0.3, 0.4) is 0 Å². The molecule has 0 bridgehead atoms. The zero-order chi connectivity index (χ0) is 25.0. The summed E-state index contributed by atoms with van der Waals surface area (Å²) in [6.07, 6.45) is -1.04. The van der Waals surface area contributed by atoms with Crippen LogP contribution in [-0.4, -0.2) is 76.5 Å². The van der Waals surface area contributed by atoms with Gasteiger partial charge in [0.15, 0.2) is 0 Å². The quantitative estimate of drug-likeness (QED) is 0.118. The van der Waals surface area contributed by atoms with Crippen LogP contribution in [0.15, 0.2) is 0 Å². The van der Waals surface area contributed by atoms with Gasteiger partial charge in [0.05, 0.1) is 19.1 Å². The number of carboxylic acid groups (broad SMARTS) is 1. The molecule has 11 N–H and O–H groups in total. The number of hydrogen-bond donors (Lipinski definition) is 8. The van der Waals surface area contributed by atoms with Crippen molar-refractivity contribution in [3.05, 3.63) is 0 Å². The highest BCUT2D eigenvalue weighted by atomic mass is 16.4. The highest BCUT2D eigenvalue weighted by Gasteiger charge is 2.30. The van der Waals surface area contributed by atoms with Gasteiger partial charge < -0.3 is 43.4 Å². The summed E-state index contributed by atoms with van der Waals surface area (Å²) in [5, 5.41) is 25.1. The summed E-state index contributed by atoms with van der Waals surface area (Å²) < 4.78 is 0. The third-order valence-corrected chi connectivity index (χ3v) is 4.21. The first kappa shape index (κ1) is 28.7. The summed E-state index contributed by atoms with van der Waals surface area (Å²) in [7, 11) is 0. The van der Waals surface area contributed by atoms with Crippen LogP contribution in [0.25, 0.3) is 0 Å². The van der Waals surface area contributed by atoms with Gasteiger partial charge in [-0.25, -0.2) is 4.79 Å². The van der Waals surface area contributed by atoms with E-state index in [2.05, 4.69) is 10.6 Å². The first-order chi connectivity index (χ1) is 14.8. The average Bonchev–Trinajstić information content (AvgIpc) is 2.66. The Morgan fingerprint density at radius 1 is 0.812 bits per heavy atom. The fourth-order valence-corrected chi connectivity index (χ4v) is 2.59. The van der Waals surface area contributed by atoms with E-state index >= 15 is 0 Å². The summed E-state index contributed by atoms with van der Waals surface area (Å²) in [5.41, 5.74) is 15.8. The molecule has 0 saturated carbocycles. The molecule has 0 aromatic rings. The van der Waals surface area contributed by atoms with Gasteiger partial charge in [-0.3, -0.25) is 24.0 Å². The number of nitrogens with one attached hydrogen (secondary N) is 3. The Labute approximate surface area is 184 Å². The van der Waals surface area contributed by atoms with E-state index in [-0.39, 0.29) is 18.8 Å². The van der Waals surface area contributed by atoms with Crippen molar-refractivity contribution in [3.63, 3.8) is 0 Å². The predicted molar refractivity (Wildman–Crippen MR) is 110 cm³/mol. The van der Waals surface area contributed by atoms with Crippen LogP contribution in [0.4, 0.5) is 0 Å². The zero-order valence-electron chi connectivity index (χ0n) is 18.0. The summed E-state index contributed by atoms with van der Waals surface area (Å²) in [5.74, 6) is -5.94. The van der Waals surface area contributed by atoms with Crippen LogP contribution in [0, 0.1) is 5.92 Å². The van der Waals surface area contributed by atoms with Crippen LogP contribution in [0.2, 0.25) is 0 Å². The SMILES string of the molecule is CC(C)CC(N)C(=O)NC(CO)C(=O)NC(CCC(N)=O)C(=O)NC(CC(N)=O)C(=O)O. The minimum Gasteiger partial charge on any atom is -0.480 e. The number of primary amides is 2. The second kappa shape index (κ2) is 13.9. The molecule has 182 valence electrons. The monoisotopic (exact) mass is 460 g/mol. The van der Waals surface area contributed by atoms with Crippen molar-refractivity contribution >= 4 is 35.5 Å². The van der Waals surface area contributed by atoms with Crippen LogP contribution in [-0.2, 0) is 28.8 Å². The Morgan fingerprint density at radius 2 is 1.31 bits per heavy atom. The molecule has 4 atom stereocenters. The van der Waals surface area contributed by atoms with Gasteiger partial charge in [0.1, 0.15) is 18.1 Å². The minimum absolute atomic E-state index is 0.0987. The predicted octanol–water partition coefficient (Wildman–Crippen LogP) is -3.97. The van der Waals surface area contributed by atoms with Crippen molar-refractivity contribution in [1.82, 2.24) is 16.0 Å². The van der Waals surface area contributed by atoms with E-state index < -0.39 is 72.7 Å². The van der Waals surface area contributed by atoms with Crippen LogP contribution in [0.5, 0.6) is 0 Å². The Bertz CT molecular complexity index is 714. The molecule has 0 aromatic carbocycles. The Kier molecular flexibility index (Phi) is 12.5. The molecule has 14 nitrogen and oxygen atoms in total. The van der Waals surface area contributed by atoms with Gasteiger partial charge in [0, 0.05) is 6.42 Å². The average molecular weight is 460 g/mol. The van der Waals surface area contributed by atoms with Gasteiger partial charge >= 0.3 is 5.97 Å². The smallest absolute Gasteiger partial charge is 0.326 e. The molecule has 4 unspecified atom stereocenters. The van der Waals surface area contributed by atoms with E-state index in [1.165, 1.54) is 0 Å². The van der Waals surface area contributed by atoms with E-state index in [1.54, 1.807) is 0 Å². The molecule has 14 heteroatoms. The highest BCUT2D eigenvalue weighted by Crippen LogP contribution is 2.04. The summed E-state index contributed by atoms with van der Waals surface area (Å²) in [6, 6.07) is -5.53.